The van der Waals surface area contributed by atoms with Crippen molar-refractivity contribution >= 4 is 22.9 Å². The molecule has 18 heavy (non-hydrogen) atoms. The first-order valence-electron chi connectivity index (χ1n) is 6.57. The predicted octanol–water partition coefficient (Wildman–Crippen LogP) is 2.93. The van der Waals surface area contributed by atoms with Gasteiger partial charge in [-0.1, -0.05) is 0 Å². The minimum absolute atomic E-state index is 0.429. The number of thiazole rings is 1. The topological polar surface area (TPSA) is 25.4 Å². The van der Waals surface area contributed by atoms with Gasteiger partial charge in [-0.05, 0) is 26.3 Å². The van der Waals surface area contributed by atoms with Gasteiger partial charge in [-0.25, -0.2) is 4.98 Å². The van der Waals surface area contributed by atoms with Crippen LogP contribution in [0.5, 0.6) is 0 Å². The molecule has 0 aromatic carbocycles. The Labute approximate surface area is 118 Å². The molecule has 102 valence electrons. The quantitative estimate of drug-likeness (QED) is 0.753. The second-order valence-corrected chi connectivity index (χ2v) is 6.08. The number of halogens is 1. The lowest BCUT2D eigenvalue weighted by Crippen LogP contribution is -2.34. The SMILES string of the molecule is CN(CCc1nc(CCl)cs1)CC1CCCCO1. The van der Waals surface area contributed by atoms with Gasteiger partial charge in [0.25, 0.3) is 0 Å². The van der Waals surface area contributed by atoms with E-state index < -0.39 is 0 Å². The summed E-state index contributed by atoms with van der Waals surface area (Å²) in [4.78, 5) is 6.82. The van der Waals surface area contributed by atoms with Crippen molar-refractivity contribution in [1.29, 1.82) is 0 Å². The van der Waals surface area contributed by atoms with Crippen molar-refractivity contribution in [2.75, 3.05) is 26.7 Å². The van der Waals surface area contributed by atoms with Gasteiger partial charge in [0.05, 0.1) is 22.7 Å². The first-order chi connectivity index (χ1) is 8.78. The first kappa shape index (κ1) is 14.3. The first-order valence-corrected chi connectivity index (χ1v) is 7.98. The molecule has 0 amide bonds. The third kappa shape index (κ3) is 4.50. The second-order valence-electron chi connectivity index (χ2n) is 4.87. The van der Waals surface area contributed by atoms with Gasteiger partial charge in [0.15, 0.2) is 0 Å². The van der Waals surface area contributed by atoms with Crippen molar-refractivity contribution in [3.05, 3.63) is 16.1 Å². The Morgan fingerprint density at radius 1 is 1.56 bits per heavy atom. The van der Waals surface area contributed by atoms with Crippen molar-refractivity contribution < 1.29 is 4.74 Å². The van der Waals surface area contributed by atoms with Crippen molar-refractivity contribution in [3.8, 4) is 0 Å². The van der Waals surface area contributed by atoms with Gasteiger partial charge < -0.3 is 9.64 Å². The Hall–Kier alpha value is -0.160. The Kier molecular flexibility index (Phi) is 5.89. The third-order valence-electron chi connectivity index (χ3n) is 3.23. The van der Waals surface area contributed by atoms with E-state index in [1.54, 1.807) is 11.3 Å². The van der Waals surface area contributed by atoms with Crippen molar-refractivity contribution in [1.82, 2.24) is 9.88 Å². The highest BCUT2D eigenvalue weighted by Gasteiger charge is 2.15. The Balaban J connectivity index is 1.68. The molecular formula is C13H21ClN2OS. The molecule has 2 heterocycles. The molecule has 1 aromatic heterocycles. The molecule has 1 aromatic rings. The van der Waals surface area contributed by atoms with Crippen LogP contribution in [0.2, 0.25) is 0 Å². The summed E-state index contributed by atoms with van der Waals surface area (Å²) in [5.41, 5.74) is 0.995. The largest absolute Gasteiger partial charge is 0.377 e. The second kappa shape index (κ2) is 7.43. The maximum absolute atomic E-state index is 5.75. The highest BCUT2D eigenvalue weighted by Crippen LogP contribution is 2.15. The number of nitrogens with zero attached hydrogens (tertiary/aromatic N) is 2. The van der Waals surface area contributed by atoms with E-state index in [1.165, 1.54) is 24.3 Å². The Morgan fingerprint density at radius 2 is 2.44 bits per heavy atom. The maximum Gasteiger partial charge on any atom is 0.0941 e. The number of hydrogen-bond acceptors (Lipinski definition) is 4. The van der Waals surface area contributed by atoms with Crippen LogP contribution in [0.4, 0.5) is 0 Å². The highest BCUT2D eigenvalue weighted by molar-refractivity contribution is 7.09. The van der Waals surface area contributed by atoms with Gasteiger partial charge in [-0.2, -0.15) is 0 Å². The summed E-state index contributed by atoms with van der Waals surface area (Å²) in [5.74, 6) is 0.516. The van der Waals surface area contributed by atoms with Crippen LogP contribution >= 0.6 is 22.9 Å². The smallest absolute Gasteiger partial charge is 0.0941 e. The van der Waals surface area contributed by atoms with Crippen LogP contribution < -0.4 is 0 Å². The molecule has 1 aliphatic rings. The van der Waals surface area contributed by atoms with E-state index in [-0.39, 0.29) is 0 Å². The molecule has 0 aliphatic carbocycles. The highest BCUT2D eigenvalue weighted by atomic mass is 35.5. The van der Waals surface area contributed by atoms with Crippen LogP contribution in [0.3, 0.4) is 0 Å². The molecule has 1 unspecified atom stereocenters. The van der Waals surface area contributed by atoms with Crippen LogP contribution in [0, 0.1) is 0 Å². The Morgan fingerprint density at radius 3 is 3.11 bits per heavy atom. The van der Waals surface area contributed by atoms with E-state index in [9.17, 15) is 0 Å². The monoisotopic (exact) mass is 288 g/mol. The molecule has 1 saturated heterocycles. The van der Waals surface area contributed by atoms with Crippen LogP contribution in [0.25, 0.3) is 0 Å². The number of hydrogen-bond donors (Lipinski definition) is 0. The normalized spacial score (nSPS) is 20.5. The molecule has 0 radical (unpaired) electrons. The van der Waals surface area contributed by atoms with Crippen molar-refractivity contribution in [2.24, 2.45) is 0 Å². The molecule has 0 spiro atoms. The lowest BCUT2D eigenvalue weighted by Gasteiger charge is -2.27. The fourth-order valence-electron chi connectivity index (χ4n) is 2.20. The van der Waals surface area contributed by atoms with Crippen LogP contribution in [-0.4, -0.2) is 42.7 Å². The zero-order chi connectivity index (χ0) is 12.8. The van der Waals surface area contributed by atoms with Crippen LogP contribution in [0.15, 0.2) is 5.38 Å². The maximum atomic E-state index is 5.75. The standard InChI is InChI=1S/C13H21ClN2OS/c1-16(9-12-4-2-3-7-17-12)6-5-13-15-11(8-14)10-18-13/h10,12H,2-9H2,1H3. The van der Waals surface area contributed by atoms with Gasteiger partial charge >= 0.3 is 0 Å². The van der Waals surface area contributed by atoms with E-state index in [4.69, 9.17) is 16.3 Å². The number of rotatable bonds is 6. The molecule has 0 saturated carbocycles. The van der Waals surface area contributed by atoms with Crippen molar-refractivity contribution in [3.63, 3.8) is 0 Å². The summed E-state index contributed by atoms with van der Waals surface area (Å²) in [6.45, 7) is 3.01. The molecule has 0 bridgehead atoms. The fourth-order valence-corrected chi connectivity index (χ4v) is 3.22. The van der Waals surface area contributed by atoms with E-state index in [0.29, 0.717) is 12.0 Å². The summed E-state index contributed by atoms with van der Waals surface area (Å²) in [6.07, 6.45) is 5.17. The van der Waals surface area contributed by atoms with E-state index in [2.05, 4.69) is 16.9 Å². The molecule has 1 aliphatic heterocycles. The average molecular weight is 289 g/mol. The van der Waals surface area contributed by atoms with Gasteiger partial charge in [-0.3, -0.25) is 0 Å². The summed E-state index contributed by atoms with van der Waals surface area (Å²) < 4.78 is 5.75. The zero-order valence-corrected chi connectivity index (χ0v) is 12.5. The number of aromatic nitrogens is 1. The minimum atomic E-state index is 0.429. The molecule has 3 nitrogen and oxygen atoms in total. The summed E-state index contributed by atoms with van der Waals surface area (Å²) in [5, 5.41) is 3.23. The predicted molar refractivity (Wildman–Crippen MR) is 76.5 cm³/mol. The average Bonchev–Trinajstić information content (AvgIpc) is 2.85. The van der Waals surface area contributed by atoms with E-state index in [1.807, 2.05) is 5.38 Å². The number of alkyl halides is 1. The minimum Gasteiger partial charge on any atom is -0.377 e. The molecule has 2 rings (SSSR count). The van der Waals surface area contributed by atoms with Crippen LogP contribution in [0.1, 0.15) is 30.0 Å². The molecular weight excluding hydrogens is 268 g/mol. The number of likely N-dealkylation sites (N-methyl/N-ethyl adjacent to an activating group) is 1. The molecule has 5 heteroatoms. The van der Waals surface area contributed by atoms with Gasteiger partial charge in [0, 0.05) is 31.5 Å². The summed E-state index contributed by atoms with van der Waals surface area (Å²) in [6, 6.07) is 0. The van der Waals surface area contributed by atoms with Gasteiger partial charge in [0.1, 0.15) is 0 Å². The van der Waals surface area contributed by atoms with Gasteiger partial charge in [-0.15, -0.1) is 22.9 Å². The van der Waals surface area contributed by atoms with E-state index in [0.717, 1.165) is 31.8 Å². The fraction of sp³-hybridized carbons (Fsp3) is 0.769. The van der Waals surface area contributed by atoms with E-state index >= 15 is 0 Å². The van der Waals surface area contributed by atoms with Crippen molar-refractivity contribution in [2.45, 2.75) is 37.7 Å². The Bertz CT molecular complexity index is 353. The van der Waals surface area contributed by atoms with Crippen LogP contribution in [-0.2, 0) is 17.0 Å². The zero-order valence-electron chi connectivity index (χ0n) is 10.9. The summed E-state index contributed by atoms with van der Waals surface area (Å²) in [7, 11) is 2.16. The lowest BCUT2D eigenvalue weighted by molar-refractivity contribution is -0.00125. The summed E-state index contributed by atoms with van der Waals surface area (Å²) >= 11 is 7.46. The lowest BCUT2D eigenvalue weighted by atomic mass is 10.1. The third-order valence-corrected chi connectivity index (χ3v) is 4.46. The number of ether oxygens (including phenoxy) is 1. The molecule has 1 atom stereocenters. The molecule has 0 N–H and O–H groups in total. The molecule has 1 fully saturated rings. The van der Waals surface area contributed by atoms with Gasteiger partial charge in [0.2, 0.25) is 0 Å².